The molecule has 1 aromatic heterocycles. The van der Waals surface area contributed by atoms with E-state index in [0.29, 0.717) is 0 Å². The number of hydrogen-bond acceptors (Lipinski definition) is 3. The average Bonchev–Trinajstić information content (AvgIpc) is 2.99. The van der Waals surface area contributed by atoms with Crippen molar-refractivity contribution in [1.82, 2.24) is 15.0 Å². The van der Waals surface area contributed by atoms with Gasteiger partial charge in [-0.2, -0.15) is 0 Å². The summed E-state index contributed by atoms with van der Waals surface area (Å²) in [6, 6.07) is 8.55. The molecule has 114 valence electrons. The van der Waals surface area contributed by atoms with Crippen LogP contribution in [0.1, 0.15) is 50.3 Å². The molecule has 0 amide bonds. The molecule has 2 aromatic rings. The highest BCUT2D eigenvalue weighted by Crippen LogP contribution is 2.12. The fourth-order valence-electron chi connectivity index (χ4n) is 2.37. The predicted molar refractivity (Wildman–Crippen MR) is 84.6 cm³/mol. The maximum atomic E-state index is 8.83. The summed E-state index contributed by atoms with van der Waals surface area (Å²) in [4.78, 5) is 0. The maximum Gasteiger partial charge on any atom is 0.0832 e. The van der Waals surface area contributed by atoms with Crippen LogP contribution < -0.4 is 0 Å². The monoisotopic (exact) mass is 287 g/mol. The Bertz CT molecular complexity index is 519. The molecule has 0 saturated carbocycles. The van der Waals surface area contributed by atoms with Crippen LogP contribution in [-0.4, -0.2) is 26.7 Å². The molecule has 0 fully saturated rings. The molecule has 1 N–H and O–H groups in total. The molecule has 1 aromatic carbocycles. The summed E-state index contributed by atoms with van der Waals surface area (Å²) in [5.41, 5.74) is 3.35. The average molecular weight is 287 g/mol. The Kier molecular flexibility index (Phi) is 6.41. The Balaban J connectivity index is 1.90. The van der Waals surface area contributed by atoms with E-state index in [1.807, 2.05) is 6.20 Å². The van der Waals surface area contributed by atoms with Gasteiger partial charge in [0.15, 0.2) is 0 Å². The van der Waals surface area contributed by atoms with E-state index in [4.69, 9.17) is 5.11 Å². The van der Waals surface area contributed by atoms with Crippen molar-refractivity contribution in [2.75, 3.05) is 6.61 Å². The first-order chi connectivity index (χ1) is 10.3. The van der Waals surface area contributed by atoms with Gasteiger partial charge < -0.3 is 5.11 Å². The van der Waals surface area contributed by atoms with Gasteiger partial charge in [-0.3, -0.25) is 0 Å². The Morgan fingerprint density at radius 3 is 2.52 bits per heavy atom. The Morgan fingerprint density at radius 2 is 1.81 bits per heavy atom. The van der Waals surface area contributed by atoms with E-state index in [1.54, 1.807) is 4.68 Å². The van der Waals surface area contributed by atoms with E-state index >= 15 is 0 Å². The quantitative estimate of drug-likeness (QED) is 0.720. The summed E-state index contributed by atoms with van der Waals surface area (Å²) in [5, 5.41) is 17.1. The first-order valence-corrected chi connectivity index (χ1v) is 7.95. The zero-order valence-electron chi connectivity index (χ0n) is 12.8. The van der Waals surface area contributed by atoms with Crippen LogP contribution in [0.4, 0.5) is 0 Å². The van der Waals surface area contributed by atoms with Crippen molar-refractivity contribution in [3.8, 4) is 5.69 Å². The molecule has 0 spiro atoms. The minimum atomic E-state index is 0.194. The third-order valence-electron chi connectivity index (χ3n) is 3.65. The second-order valence-electron chi connectivity index (χ2n) is 5.46. The Hall–Kier alpha value is -1.68. The van der Waals surface area contributed by atoms with Gasteiger partial charge in [-0.1, -0.05) is 43.5 Å². The van der Waals surface area contributed by atoms with Crippen LogP contribution in [0.5, 0.6) is 0 Å². The third kappa shape index (κ3) is 4.97. The first-order valence-electron chi connectivity index (χ1n) is 7.95. The fraction of sp³-hybridized carbons (Fsp3) is 0.529. The van der Waals surface area contributed by atoms with E-state index in [-0.39, 0.29) is 6.61 Å². The van der Waals surface area contributed by atoms with Gasteiger partial charge in [0.1, 0.15) is 0 Å². The summed E-state index contributed by atoms with van der Waals surface area (Å²) in [5.74, 6) is 0. The number of benzene rings is 1. The third-order valence-corrected chi connectivity index (χ3v) is 3.65. The Morgan fingerprint density at radius 1 is 1.00 bits per heavy atom. The number of aliphatic hydroxyl groups excluding tert-OH is 1. The molecule has 0 aliphatic carbocycles. The lowest BCUT2D eigenvalue weighted by molar-refractivity contribution is 0.288. The van der Waals surface area contributed by atoms with Gasteiger partial charge >= 0.3 is 0 Å². The highest BCUT2D eigenvalue weighted by Gasteiger charge is 2.03. The van der Waals surface area contributed by atoms with Gasteiger partial charge in [0.05, 0.1) is 17.6 Å². The van der Waals surface area contributed by atoms with E-state index in [0.717, 1.165) is 30.6 Å². The number of unbranched alkanes of at least 4 members (excludes halogenated alkanes) is 3. The molecule has 0 radical (unpaired) electrons. The number of aliphatic hydroxyl groups is 1. The second-order valence-corrected chi connectivity index (χ2v) is 5.46. The summed E-state index contributed by atoms with van der Waals surface area (Å²) in [6.07, 6.45) is 9.78. The fourth-order valence-corrected chi connectivity index (χ4v) is 2.37. The van der Waals surface area contributed by atoms with Crippen molar-refractivity contribution in [2.45, 2.75) is 51.9 Å². The van der Waals surface area contributed by atoms with Crippen molar-refractivity contribution in [3.63, 3.8) is 0 Å². The van der Waals surface area contributed by atoms with Crippen molar-refractivity contribution >= 4 is 0 Å². The molecule has 4 nitrogen and oxygen atoms in total. The molecular formula is C17H25N3O. The minimum Gasteiger partial charge on any atom is -0.396 e. The highest BCUT2D eigenvalue weighted by atomic mass is 16.2. The van der Waals surface area contributed by atoms with Crippen LogP contribution in [0.2, 0.25) is 0 Å². The van der Waals surface area contributed by atoms with Crippen LogP contribution in [0.25, 0.3) is 5.69 Å². The largest absolute Gasteiger partial charge is 0.396 e. The van der Waals surface area contributed by atoms with Crippen LogP contribution in [0, 0.1) is 0 Å². The summed E-state index contributed by atoms with van der Waals surface area (Å²) >= 11 is 0. The van der Waals surface area contributed by atoms with Gasteiger partial charge in [0.25, 0.3) is 0 Å². The van der Waals surface area contributed by atoms with Gasteiger partial charge in [-0.15, -0.1) is 5.10 Å². The van der Waals surface area contributed by atoms with E-state index in [2.05, 4.69) is 41.5 Å². The number of aromatic nitrogens is 3. The molecule has 0 atom stereocenters. The smallest absolute Gasteiger partial charge is 0.0832 e. The Labute approximate surface area is 126 Å². The SMILES string of the molecule is CCCCCCc1ccc(-n2cc(CCCO)nn2)cc1. The molecule has 21 heavy (non-hydrogen) atoms. The van der Waals surface area contributed by atoms with Crippen LogP contribution in [-0.2, 0) is 12.8 Å². The number of aryl methyl sites for hydroxylation is 2. The first kappa shape index (κ1) is 15.7. The summed E-state index contributed by atoms with van der Waals surface area (Å²) in [6.45, 7) is 2.43. The topological polar surface area (TPSA) is 50.9 Å². The molecule has 0 bridgehead atoms. The van der Waals surface area contributed by atoms with Gasteiger partial charge in [0, 0.05) is 6.61 Å². The van der Waals surface area contributed by atoms with E-state index in [1.165, 1.54) is 31.2 Å². The number of rotatable bonds is 9. The number of hydrogen-bond donors (Lipinski definition) is 1. The zero-order chi connectivity index (χ0) is 14.9. The van der Waals surface area contributed by atoms with Crippen molar-refractivity contribution in [2.24, 2.45) is 0 Å². The molecular weight excluding hydrogens is 262 g/mol. The molecule has 2 rings (SSSR count). The van der Waals surface area contributed by atoms with Crippen molar-refractivity contribution < 1.29 is 5.11 Å². The highest BCUT2D eigenvalue weighted by molar-refractivity contribution is 5.33. The molecule has 1 heterocycles. The second kappa shape index (κ2) is 8.57. The summed E-state index contributed by atoms with van der Waals surface area (Å²) < 4.78 is 1.80. The standard InChI is InChI=1S/C17H25N3O/c1-2-3-4-5-7-15-9-11-17(12-10-15)20-14-16(18-19-20)8-6-13-21/h9-12,14,21H,2-8,13H2,1H3. The predicted octanol–water partition coefficient (Wildman–Crippen LogP) is 3.32. The summed E-state index contributed by atoms with van der Waals surface area (Å²) in [7, 11) is 0. The van der Waals surface area contributed by atoms with Crippen LogP contribution in [0.3, 0.4) is 0 Å². The molecule has 0 aliphatic rings. The van der Waals surface area contributed by atoms with Crippen LogP contribution in [0.15, 0.2) is 30.5 Å². The lowest BCUT2D eigenvalue weighted by Crippen LogP contribution is -1.95. The molecule has 0 saturated heterocycles. The van der Waals surface area contributed by atoms with Gasteiger partial charge in [0.2, 0.25) is 0 Å². The molecule has 4 heteroatoms. The van der Waals surface area contributed by atoms with Crippen molar-refractivity contribution in [3.05, 3.63) is 41.7 Å². The van der Waals surface area contributed by atoms with E-state index < -0.39 is 0 Å². The maximum absolute atomic E-state index is 8.83. The van der Waals surface area contributed by atoms with Crippen molar-refractivity contribution in [1.29, 1.82) is 0 Å². The lowest BCUT2D eigenvalue weighted by Gasteiger charge is -2.04. The number of nitrogens with zero attached hydrogens (tertiary/aromatic N) is 3. The zero-order valence-corrected chi connectivity index (χ0v) is 12.8. The van der Waals surface area contributed by atoms with E-state index in [9.17, 15) is 0 Å². The normalized spacial score (nSPS) is 11.0. The van der Waals surface area contributed by atoms with Crippen LogP contribution >= 0.6 is 0 Å². The molecule has 0 unspecified atom stereocenters. The minimum absolute atomic E-state index is 0.194. The lowest BCUT2D eigenvalue weighted by atomic mass is 10.1. The molecule has 0 aliphatic heterocycles. The van der Waals surface area contributed by atoms with Gasteiger partial charge in [-0.05, 0) is 43.4 Å². The van der Waals surface area contributed by atoms with Gasteiger partial charge in [-0.25, -0.2) is 4.68 Å².